The van der Waals surface area contributed by atoms with Gasteiger partial charge in [0.1, 0.15) is 5.82 Å². The monoisotopic (exact) mass is 298 g/mol. The van der Waals surface area contributed by atoms with Crippen molar-refractivity contribution in [1.82, 2.24) is 0 Å². The average molecular weight is 298 g/mol. The standard InChI is InChI=1S/C18H15FOS/c1-12-6-5-9-15(18(12)19)16-10-13-7-3-4-8-14(13)11-17(16)21(2)20/h3-11H,1-2H3. The lowest BCUT2D eigenvalue weighted by Gasteiger charge is -2.12. The van der Waals surface area contributed by atoms with Gasteiger partial charge in [0.05, 0.1) is 10.8 Å². The molecule has 3 rings (SSSR count). The van der Waals surface area contributed by atoms with Crippen molar-refractivity contribution in [2.75, 3.05) is 6.26 Å². The quantitative estimate of drug-likeness (QED) is 0.670. The van der Waals surface area contributed by atoms with Gasteiger partial charge in [-0.3, -0.25) is 4.21 Å². The second-order valence-corrected chi connectivity index (χ2v) is 6.43. The Bertz CT molecular complexity index is 855. The molecule has 0 aliphatic carbocycles. The maximum atomic E-state index is 14.4. The minimum Gasteiger partial charge on any atom is -0.255 e. The van der Waals surface area contributed by atoms with Crippen molar-refractivity contribution in [1.29, 1.82) is 0 Å². The third kappa shape index (κ3) is 2.49. The lowest BCUT2D eigenvalue weighted by Crippen LogP contribution is -1.96. The molecule has 0 aromatic heterocycles. The van der Waals surface area contributed by atoms with Crippen molar-refractivity contribution in [2.45, 2.75) is 11.8 Å². The molecule has 1 atom stereocenters. The summed E-state index contributed by atoms with van der Waals surface area (Å²) in [6, 6.07) is 17.0. The van der Waals surface area contributed by atoms with Gasteiger partial charge in [0.2, 0.25) is 0 Å². The second-order valence-electron chi connectivity index (χ2n) is 5.09. The van der Waals surface area contributed by atoms with E-state index in [1.807, 2.05) is 42.5 Å². The normalized spacial score (nSPS) is 12.5. The molecule has 0 radical (unpaired) electrons. The van der Waals surface area contributed by atoms with E-state index < -0.39 is 10.8 Å². The number of rotatable bonds is 2. The van der Waals surface area contributed by atoms with Crippen LogP contribution >= 0.6 is 0 Å². The number of halogens is 1. The van der Waals surface area contributed by atoms with Crippen LogP contribution in [0.25, 0.3) is 21.9 Å². The Morgan fingerprint density at radius 3 is 2.24 bits per heavy atom. The van der Waals surface area contributed by atoms with E-state index >= 15 is 0 Å². The van der Waals surface area contributed by atoms with Crippen LogP contribution in [-0.2, 0) is 10.8 Å². The molecule has 1 nitrogen and oxygen atoms in total. The summed E-state index contributed by atoms with van der Waals surface area (Å²) in [4.78, 5) is 0.665. The van der Waals surface area contributed by atoms with Crippen LogP contribution in [0, 0.1) is 12.7 Å². The van der Waals surface area contributed by atoms with E-state index in [2.05, 4.69) is 0 Å². The summed E-state index contributed by atoms with van der Waals surface area (Å²) in [6.07, 6.45) is 1.63. The van der Waals surface area contributed by atoms with Crippen molar-refractivity contribution in [3.63, 3.8) is 0 Å². The zero-order valence-corrected chi connectivity index (χ0v) is 12.7. The van der Waals surface area contributed by atoms with Gasteiger partial charge in [-0.1, -0.05) is 42.5 Å². The molecule has 3 aromatic carbocycles. The molecule has 0 bridgehead atoms. The van der Waals surface area contributed by atoms with Crippen LogP contribution in [0.4, 0.5) is 4.39 Å². The van der Waals surface area contributed by atoms with Crippen molar-refractivity contribution in [3.8, 4) is 11.1 Å². The van der Waals surface area contributed by atoms with E-state index in [-0.39, 0.29) is 5.82 Å². The van der Waals surface area contributed by atoms with E-state index in [0.717, 1.165) is 10.8 Å². The highest BCUT2D eigenvalue weighted by molar-refractivity contribution is 7.84. The smallest absolute Gasteiger partial charge is 0.133 e. The molecule has 0 spiro atoms. The molecule has 0 saturated heterocycles. The van der Waals surface area contributed by atoms with Crippen molar-refractivity contribution >= 4 is 21.6 Å². The van der Waals surface area contributed by atoms with E-state index in [0.29, 0.717) is 21.6 Å². The molecule has 0 heterocycles. The number of hydrogen-bond acceptors (Lipinski definition) is 1. The largest absolute Gasteiger partial charge is 0.255 e. The number of aryl methyl sites for hydroxylation is 1. The van der Waals surface area contributed by atoms with Crippen molar-refractivity contribution in [2.24, 2.45) is 0 Å². The first-order valence-electron chi connectivity index (χ1n) is 6.69. The zero-order chi connectivity index (χ0) is 15.0. The van der Waals surface area contributed by atoms with Crippen molar-refractivity contribution in [3.05, 3.63) is 66.0 Å². The molecule has 0 aliphatic rings. The van der Waals surface area contributed by atoms with Gasteiger partial charge in [-0.05, 0) is 35.4 Å². The zero-order valence-electron chi connectivity index (χ0n) is 11.9. The molecule has 0 N–H and O–H groups in total. The van der Waals surface area contributed by atoms with E-state index in [1.54, 1.807) is 25.3 Å². The Labute approximate surface area is 125 Å². The Kier molecular flexibility index (Phi) is 3.60. The minimum atomic E-state index is -1.18. The lowest BCUT2D eigenvalue weighted by molar-refractivity contribution is 0.621. The second kappa shape index (κ2) is 5.41. The summed E-state index contributed by atoms with van der Waals surface area (Å²) in [5, 5.41) is 2.03. The fraction of sp³-hybridized carbons (Fsp3) is 0.111. The van der Waals surface area contributed by atoms with Gasteiger partial charge >= 0.3 is 0 Å². The van der Waals surface area contributed by atoms with Crippen LogP contribution < -0.4 is 0 Å². The fourth-order valence-corrected chi connectivity index (χ4v) is 3.29. The van der Waals surface area contributed by atoms with E-state index in [9.17, 15) is 8.60 Å². The predicted molar refractivity (Wildman–Crippen MR) is 86.4 cm³/mol. The number of hydrogen-bond donors (Lipinski definition) is 0. The lowest BCUT2D eigenvalue weighted by atomic mass is 9.99. The van der Waals surface area contributed by atoms with Crippen LogP contribution in [-0.4, -0.2) is 10.5 Å². The first kappa shape index (κ1) is 14.0. The highest BCUT2D eigenvalue weighted by atomic mass is 32.2. The third-order valence-corrected chi connectivity index (χ3v) is 4.60. The van der Waals surface area contributed by atoms with Crippen LogP contribution in [0.15, 0.2) is 59.5 Å². The van der Waals surface area contributed by atoms with Gasteiger partial charge in [0, 0.05) is 22.3 Å². The summed E-state index contributed by atoms with van der Waals surface area (Å²) in [7, 11) is -1.18. The molecule has 21 heavy (non-hydrogen) atoms. The molecule has 106 valence electrons. The highest BCUT2D eigenvalue weighted by Gasteiger charge is 2.14. The molecule has 3 aromatic rings. The topological polar surface area (TPSA) is 17.1 Å². The summed E-state index contributed by atoms with van der Waals surface area (Å²) in [5.74, 6) is -0.250. The van der Waals surface area contributed by atoms with Crippen LogP contribution in [0.5, 0.6) is 0 Å². The van der Waals surface area contributed by atoms with Gasteiger partial charge in [0.15, 0.2) is 0 Å². The molecule has 0 amide bonds. The number of fused-ring (bicyclic) bond motifs is 1. The van der Waals surface area contributed by atoms with Gasteiger partial charge in [-0.2, -0.15) is 0 Å². The van der Waals surface area contributed by atoms with Gasteiger partial charge in [0.25, 0.3) is 0 Å². The maximum absolute atomic E-state index is 14.4. The summed E-state index contributed by atoms with van der Waals surface area (Å²) in [6.45, 7) is 1.74. The van der Waals surface area contributed by atoms with Gasteiger partial charge in [-0.25, -0.2) is 4.39 Å². The fourth-order valence-electron chi connectivity index (χ4n) is 2.52. The van der Waals surface area contributed by atoms with Crippen molar-refractivity contribution < 1.29 is 8.60 Å². The first-order chi connectivity index (χ1) is 10.1. The minimum absolute atomic E-state index is 0.250. The highest BCUT2D eigenvalue weighted by Crippen LogP contribution is 2.33. The van der Waals surface area contributed by atoms with E-state index in [1.165, 1.54) is 0 Å². The molecule has 0 aliphatic heterocycles. The first-order valence-corrected chi connectivity index (χ1v) is 8.25. The van der Waals surface area contributed by atoms with Crippen LogP contribution in [0.1, 0.15) is 5.56 Å². The van der Waals surface area contributed by atoms with Gasteiger partial charge < -0.3 is 0 Å². The van der Waals surface area contributed by atoms with Crippen LogP contribution in [0.2, 0.25) is 0 Å². The summed E-state index contributed by atoms with van der Waals surface area (Å²) < 4.78 is 26.5. The maximum Gasteiger partial charge on any atom is 0.133 e. The molecular formula is C18H15FOS. The van der Waals surface area contributed by atoms with E-state index in [4.69, 9.17) is 0 Å². The molecule has 0 saturated carbocycles. The predicted octanol–water partition coefficient (Wildman–Crippen LogP) is 4.69. The molecule has 0 fully saturated rings. The molecule has 1 unspecified atom stereocenters. The Hall–Kier alpha value is -2.00. The SMILES string of the molecule is Cc1cccc(-c2cc3ccccc3cc2S(C)=O)c1F. The Balaban J connectivity index is 2.37. The summed E-state index contributed by atoms with van der Waals surface area (Å²) in [5.41, 5.74) is 1.80. The molecular weight excluding hydrogens is 283 g/mol. The van der Waals surface area contributed by atoms with Gasteiger partial charge in [-0.15, -0.1) is 0 Å². The average Bonchev–Trinajstić information content (AvgIpc) is 2.48. The Morgan fingerprint density at radius 1 is 0.905 bits per heavy atom. The molecule has 3 heteroatoms. The third-order valence-electron chi connectivity index (χ3n) is 3.64. The summed E-state index contributed by atoms with van der Waals surface area (Å²) >= 11 is 0. The Morgan fingerprint density at radius 2 is 1.57 bits per heavy atom. The van der Waals surface area contributed by atoms with Crippen LogP contribution in [0.3, 0.4) is 0 Å². The number of benzene rings is 3.